The van der Waals surface area contributed by atoms with Gasteiger partial charge in [0.15, 0.2) is 0 Å². The molecule has 5 heteroatoms. The molecule has 2 aliphatic carbocycles. The van der Waals surface area contributed by atoms with E-state index in [2.05, 4.69) is 212 Å². The Morgan fingerprint density at radius 2 is 1.23 bits per heavy atom. The van der Waals surface area contributed by atoms with Gasteiger partial charge in [-0.1, -0.05) is 141 Å². The van der Waals surface area contributed by atoms with E-state index in [-0.39, 0.29) is 28.5 Å². The van der Waals surface area contributed by atoms with Crippen LogP contribution in [0.5, 0.6) is 0 Å². The van der Waals surface area contributed by atoms with E-state index in [4.69, 9.17) is 12.6 Å². The van der Waals surface area contributed by atoms with Crippen LogP contribution >= 0.6 is 24.0 Å². The van der Waals surface area contributed by atoms with Crippen LogP contribution in [0.3, 0.4) is 0 Å². The molecule has 8 aromatic carbocycles. The summed E-state index contributed by atoms with van der Waals surface area (Å²) in [5, 5.41) is 5.30. The van der Waals surface area contributed by atoms with Crippen LogP contribution in [0.15, 0.2) is 138 Å². The van der Waals surface area contributed by atoms with Gasteiger partial charge in [-0.3, -0.25) is 0 Å². The lowest BCUT2D eigenvalue weighted by Crippen LogP contribution is -2.60. The van der Waals surface area contributed by atoms with Gasteiger partial charge < -0.3 is 9.38 Å². The molecule has 14 rings (SSSR count). The second kappa shape index (κ2) is 13.6. The molecule has 0 atom stereocenters. The fourth-order valence-corrected chi connectivity index (χ4v) is 14.9. The summed E-state index contributed by atoms with van der Waals surface area (Å²) in [6, 6.07) is 52.6. The summed E-state index contributed by atoms with van der Waals surface area (Å²) in [6.45, 7) is 23.7. The maximum Gasteiger partial charge on any atom is 0.333 e. The molecule has 2 nitrogen and oxygen atoms in total. The number of nitrogens with zero attached hydrogens (tertiary/aromatic N) is 2. The zero-order valence-corrected chi connectivity index (χ0v) is 43.2. The fraction of sp³-hybridized carbons (Fsp3) is 0.250. The van der Waals surface area contributed by atoms with Crippen LogP contribution in [0.25, 0.3) is 81.0 Å². The van der Waals surface area contributed by atoms with Crippen LogP contribution in [0.4, 0.5) is 11.4 Å². The standard InChI is InChI=1S/C64H57BN2S2/c1-35-15-11-12-16-38(35)45-27-43-41-24-23-40-44-31-57-47(46-28-50-51(33-58(46)69-57)63(7,8)26-25-62(50,5)6)30-54(44)67(37-21-19-36(20-22-37)61(2,3)4)65-52-29-42-39-17-13-14-18-48(39)64(9,10)49(42)32-55(52)66(60(41)59(40)65)53(43)34-56(45)68/h11-24,27-34,68H,25-26H2,1-10H3. The van der Waals surface area contributed by atoms with E-state index >= 15 is 0 Å². The Balaban J connectivity index is 1.13. The third kappa shape index (κ3) is 5.58. The van der Waals surface area contributed by atoms with Gasteiger partial charge in [0.2, 0.25) is 0 Å². The molecule has 2 aliphatic heterocycles. The maximum absolute atomic E-state index is 5.32. The number of anilines is 2. The zero-order chi connectivity index (χ0) is 47.4. The minimum atomic E-state index is -0.159. The molecular weight excluding hydrogens is 872 g/mol. The van der Waals surface area contributed by atoms with Gasteiger partial charge >= 0.3 is 6.85 Å². The highest BCUT2D eigenvalue weighted by Gasteiger charge is 2.47. The van der Waals surface area contributed by atoms with E-state index in [0.29, 0.717) is 0 Å². The quantitative estimate of drug-likeness (QED) is 0.134. The molecule has 4 heterocycles. The Labute approximate surface area is 416 Å². The van der Waals surface area contributed by atoms with Gasteiger partial charge in [0.05, 0.1) is 11.0 Å². The van der Waals surface area contributed by atoms with Gasteiger partial charge in [-0.2, -0.15) is 0 Å². The van der Waals surface area contributed by atoms with E-state index in [9.17, 15) is 0 Å². The summed E-state index contributed by atoms with van der Waals surface area (Å²) in [4.78, 5) is 3.73. The Morgan fingerprint density at radius 1 is 0.551 bits per heavy atom. The molecule has 0 amide bonds. The van der Waals surface area contributed by atoms with Crippen molar-refractivity contribution in [3.8, 4) is 39.1 Å². The minimum absolute atomic E-state index is 0.0302. The van der Waals surface area contributed by atoms with Crippen molar-refractivity contribution in [2.75, 3.05) is 4.81 Å². The van der Waals surface area contributed by atoms with Crippen molar-refractivity contribution in [3.63, 3.8) is 0 Å². The summed E-state index contributed by atoms with van der Waals surface area (Å²) in [5.41, 5.74) is 25.3. The van der Waals surface area contributed by atoms with E-state index in [1.165, 1.54) is 150 Å². The Morgan fingerprint density at radius 3 is 1.97 bits per heavy atom. The average molecular weight is 929 g/mol. The number of benzene rings is 8. The molecule has 4 aliphatic rings. The Kier molecular flexibility index (Phi) is 8.29. The van der Waals surface area contributed by atoms with Crippen LogP contribution < -0.4 is 15.7 Å². The molecule has 0 N–H and O–H groups in total. The number of hydrogen-bond acceptors (Lipinski definition) is 3. The SMILES string of the molecule is Cc1ccccc1-c1cc2c3ccc4c5c3n(c2cc1S)-c1cc2c(cc1B5N(c1ccc(C(C)(C)C)cc1)c1cc3c(cc1-4)sc1cc4c(cc13)C(C)(C)CCC4(C)C)-c1ccccc1C2(C)C. The van der Waals surface area contributed by atoms with Crippen LogP contribution in [0.2, 0.25) is 0 Å². The summed E-state index contributed by atoms with van der Waals surface area (Å²) < 4.78 is 5.38. The molecule has 0 fully saturated rings. The summed E-state index contributed by atoms with van der Waals surface area (Å²) in [7, 11) is 0. The molecular formula is C64H57BN2S2. The van der Waals surface area contributed by atoms with E-state index in [1.54, 1.807) is 0 Å². The van der Waals surface area contributed by atoms with Crippen LogP contribution in [0, 0.1) is 6.92 Å². The van der Waals surface area contributed by atoms with Crippen molar-refractivity contribution in [2.24, 2.45) is 0 Å². The van der Waals surface area contributed by atoms with Crippen molar-refractivity contribution in [2.45, 2.75) is 109 Å². The third-order valence-electron chi connectivity index (χ3n) is 17.4. The average Bonchev–Trinajstić information content (AvgIpc) is 3.92. The first-order valence-electron chi connectivity index (χ1n) is 25.0. The minimum Gasteiger partial charge on any atom is -0.376 e. The van der Waals surface area contributed by atoms with Crippen LogP contribution in [-0.4, -0.2) is 11.4 Å². The normalized spacial score (nSPS) is 16.8. The predicted molar refractivity (Wildman–Crippen MR) is 302 cm³/mol. The lowest BCUT2D eigenvalue weighted by Gasteiger charge is -2.42. The summed E-state index contributed by atoms with van der Waals surface area (Å²) >= 11 is 7.29. The van der Waals surface area contributed by atoms with Gasteiger partial charge in [-0.05, 0) is 163 Å². The Bertz CT molecular complexity index is 3950. The van der Waals surface area contributed by atoms with E-state index in [0.717, 1.165) is 4.90 Å². The van der Waals surface area contributed by atoms with Crippen LogP contribution in [0.1, 0.15) is 109 Å². The molecule has 0 spiro atoms. The van der Waals surface area contributed by atoms with Crippen molar-refractivity contribution in [3.05, 3.63) is 167 Å². The first-order chi connectivity index (χ1) is 32.9. The van der Waals surface area contributed by atoms with Crippen molar-refractivity contribution in [1.29, 1.82) is 0 Å². The largest absolute Gasteiger partial charge is 0.376 e. The second-order valence-electron chi connectivity index (χ2n) is 23.8. The smallest absolute Gasteiger partial charge is 0.333 e. The molecule has 0 radical (unpaired) electrons. The van der Waals surface area contributed by atoms with Crippen molar-refractivity contribution < 1.29 is 0 Å². The van der Waals surface area contributed by atoms with Gasteiger partial charge in [-0.25, -0.2) is 0 Å². The van der Waals surface area contributed by atoms with Crippen molar-refractivity contribution >= 4 is 95.1 Å². The molecule has 2 aromatic heterocycles. The molecule has 0 unspecified atom stereocenters. The highest BCUT2D eigenvalue weighted by atomic mass is 32.1. The monoisotopic (exact) mass is 928 g/mol. The number of fused-ring (bicyclic) bond motifs is 15. The molecule has 69 heavy (non-hydrogen) atoms. The number of aromatic nitrogens is 1. The van der Waals surface area contributed by atoms with Crippen LogP contribution in [-0.2, 0) is 21.7 Å². The highest BCUT2D eigenvalue weighted by molar-refractivity contribution is 7.80. The second-order valence-corrected chi connectivity index (χ2v) is 25.4. The van der Waals surface area contributed by atoms with E-state index in [1.807, 2.05) is 11.3 Å². The third-order valence-corrected chi connectivity index (χ3v) is 18.9. The number of rotatable bonds is 2. The molecule has 0 bridgehead atoms. The van der Waals surface area contributed by atoms with Gasteiger partial charge in [0, 0.05) is 63.9 Å². The predicted octanol–water partition coefficient (Wildman–Crippen LogP) is 16.6. The number of thiophene rings is 1. The molecule has 10 aromatic rings. The Hall–Kier alpha value is -6.01. The molecule has 0 saturated carbocycles. The van der Waals surface area contributed by atoms with Crippen molar-refractivity contribution in [1.82, 2.24) is 4.57 Å². The lowest BCUT2D eigenvalue weighted by atomic mass is 9.43. The zero-order valence-electron chi connectivity index (χ0n) is 41.4. The number of thiol groups is 1. The first-order valence-corrected chi connectivity index (χ1v) is 26.3. The number of hydrogen-bond donors (Lipinski definition) is 1. The molecule has 0 saturated heterocycles. The van der Waals surface area contributed by atoms with Gasteiger partial charge in [0.1, 0.15) is 0 Å². The van der Waals surface area contributed by atoms with Gasteiger partial charge in [-0.15, -0.1) is 24.0 Å². The fourth-order valence-electron chi connectivity index (χ4n) is 13.4. The van der Waals surface area contributed by atoms with E-state index < -0.39 is 0 Å². The first kappa shape index (κ1) is 41.9. The maximum atomic E-state index is 5.32. The lowest BCUT2D eigenvalue weighted by molar-refractivity contribution is 0.332. The van der Waals surface area contributed by atoms with Gasteiger partial charge in [0.25, 0.3) is 0 Å². The summed E-state index contributed by atoms with van der Waals surface area (Å²) in [5.74, 6) is 0. The number of aryl methyl sites for hydroxylation is 1. The molecule has 338 valence electrons. The summed E-state index contributed by atoms with van der Waals surface area (Å²) in [6.07, 6.45) is 2.41. The topological polar surface area (TPSA) is 8.17 Å². The highest BCUT2D eigenvalue weighted by Crippen LogP contribution is 2.54.